The van der Waals surface area contributed by atoms with E-state index in [9.17, 15) is 4.79 Å². The van der Waals surface area contributed by atoms with E-state index in [2.05, 4.69) is 10.6 Å². The van der Waals surface area contributed by atoms with Crippen LogP contribution in [0.3, 0.4) is 0 Å². The van der Waals surface area contributed by atoms with Crippen LogP contribution in [0.1, 0.15) is 24.4 Å². The normalized spacial score (nSPS) is 24.4. The van der Waals surface area contributed by atoms with Crippen LogP contribution in [-0.2, 0) is 4.74 Å². The molecule has 21 heavy (non-hydrogen) atoms. The monoisotopic (exact) mass is 326 g/mol. The van der Waals surface area contributed by atoms with Gasteiger partial charge in [0.1, 0.15) is 0 Å². The third-order valence-corrected chi connectivity index (χ3v) is 5.25. The van der Waals surface area contributed by atoms with Gasteiger partial charge in [-0.05, 0) is 36.6 Å². The number of benzene rings is 1. The van der Waals surface area contributed by atoms with Gasteiger partial charge in [-0.1, -0.05) is 11.6 Å². The number of carbonyl (C=O) groups excluding carboxylic acids is 1. The topological polar surface area (TPSA) is 50.4 Å². The molecule has 1 aromatic rings. The molecule has 2 amide bonds. The smallest absolute Gasteiger partial charge is 0.315 e. The Morgan fingerprint density at radius 3 is 3.14 bits per heavy atom. The molecule has 2 atom stereocenters. The zero-order valence-electron chi connectivity index (χ0n) is 11.7. The highest BCUT2D eigenvalue weighted by atomic mass is 35.5. The van der Waals surface area contributed by atoms with Gasteiger partial charge in [-0.25, -0.2) is 4.79 Å². The van der Waals surface area contributed by atoms with Crippen molar-refractivity contribution in [1.29, 1.82) is 0 Å². The lowest BCUT2D eigenvalue weighted by Crippen LogP contribution is -2.41. The van der Waals surface area contributed by atoms with E-state index in [4.69, 9.17) is 16.3 Å². The number of carbonyl (C=O) groups is 1. The molecule has 6 heteroatoms. The largest absolute Gasteiger partial charge is 0.381 e. The quantitative estimate of drug-likeness (QED) is 0.896. The SMILES string of the molecule is O=C(NC[C@@H]1CCOC1)N[C@@H]1CCSc2ccc(Cl)cc21. The van der Waals surface area contributed by atoms with Crippen LogP contribution in [0.2, 0.25) is 5.02 Å². The number of hydrogen-bond acceptors (Lipinski definition) is 3. The summed E-state index contributed by atoms with van der Waals surface area (Å²) in [4.78, 5) is 13.3. The fourth-order valence-corrected chi connectivity index (χ4v) is 3.99. The molecule has 4 nitrogen and oxygen atoms in total. The molecule has 2 N–H and O–H groups in total. The molecular weight excluding hydrogens is 308 g/mol. The molecule has 2 aliphatic rings. The van der Waals surface area contributed by atoms with Crippen molar-refractivity contribution in [2.24, 2.45) is 5.92 Å². The van der Waals surface area contributed by atoms with E-state index in [1.807, 2.05) is 30.0 Å². The molecule has 0 saturated carbocycles. The van der Waals surface area contributed by atoms with E-state index in [-0.39, 0.29) is 12.1 Å². The molecule has 2 heterocycles. The van der Waals surface area contributed by atoms with Crippen molar-refractivity contribution in [2.45, 2.75) is 23.8 Å². The number of nitrogens with one attached hydrogen (secondary N) is 2. The molecule has 0 aliphatic carbocycles. The van der Waals surface area contributed by atoms with Gasteiger partial charge in [-0.3, -0.25) is 0 Å². The highest BCUT2D eigenvalue weighted by molar-refractivity contribution is 7.99. The van der Waals surface area contributed by atoms with Crippen LogP contribution < -0.4 is 10.6 Å². The van der Waals surface area contributed by atoms with E-state index in [0.717, 1.165) is 37.4 Å². The number of fused-ring (bicyclic) bond motifs is 1. The van der Waals surface area contributed by atoms with Gasteiger partial charge in [0, 0.05) is 34.7 Å². The van der Waals surface area contributed by atoms with Crippen LogP contribution in [0, 0.1) is 5.92 Å². The fraction of sp³-hybridized carbons (Fsp3) is 0.533. The van der Waals surface area contributed by atoms with Crippen molar-refractivity contribution in [2.75, 3.05) is 25.5 Å². The second-order valence-corrected chi connectivity index (χ2v) is 7.03. The van der Waals surface area contributed by atoms with E-state index in [0.29, 0.717) is 17.5 Å². The maximum absolute atomic E-state index is 12.1. The van der Waals surface area contributed by atoms with Crippen LogP contribution in [0.4, 0.5) is 4.79 Å². The number of thioether (sulfide) groups is 1. The van der Waals surface area contributed by atoms with Gasteiger partial charge in [-0.15, -0.1) is 11.8 Å². The molecule has 114 valence electrons. The van der Waals surface area contributed by atoms with Crippen molar-refractivity contribution in [3.05, 3.63) is 28.8 Å². The van der Waals surface area contributed by atoms with Crippen molar-refractivity contribution in [3.8, 4) is 0 Å². The highest BCUT2D eigenvalue weighted by Crippen LogP contribution is 2.37. The summed E-state index contributed by atoms with van der Waals surface area (Å²) in [5.74, 6) is 1.45. The summed E-state index contributed by atoms with van der Waals surface area (Å²) >= 11 is 7.89. The van der Waals surface area contributed by atoms with E-state index in [1.54, 1.807) is 0 Å². The first-order valence-corrected chi connectivity index (χ1v) is 8.63. The maximum Gasteiger partial charge on any atom is 0.315 e. The predicted molar refractivity (Wildman–Crippen MR) is 85.0 cm³/mol. The summed E-state index contributed by atoms with van der Waals surface area (Å²) in [6.07, 6.45) is 1.96. The zero-order chi connectivity index (χ0) is 14.7. The first-order chi connectivity index (χ1) is 10.2. The van der Waals surface area contributed by atoms with Crippen molar-refractivity contribution in [3.63, 3.8) is 0 Å². The molecule has 3 rings (SSSR count). The molecule has 0 spiro atoms. The second-order valence-electron chi connectivity index (χ2n) is 5.46. The molecule has 0 radical (unpaired) electrons. The Kier molecular flexibility index (Phi) is 4.93. The van der Waals surface area contributed by atoms with Crippen LogP contribution in [-0.4, -0.2) is 31.5 Å². The average Bonchev–Trinajstić information content (AvgIpc) is 2.99. The Hall–Kier alpha value is -0.910. The van der Waals surface area contributed by atoms with Gasteiger partial charge in [0.2, 0.25) is 0 Å². The molecule has 0 bridgehead atoms. The Morgan fingerprint density at radius 2 is 2.33 bits per heavy atom. The average molecular weight is 327 g/mol. The Balaban J connectivity index is 1.57. The minimum absolute atomic E-state index is 0.0415. The van der Waals surface area contributed by atoms with Crippen LogP contribution in [0.25, 0.3) is 0 Å². The first kappa shape index (κ1) is 15.0. The Labute approximate surface area is 134 Å². The Bertz CT molecular complexity index is 520. The van der Waals surface area contributed by atoms with E-state index in [1.165, 1.54) is 4.90 Å². The lowest BCUT2D eigenvalue weighted by molar-refractivity contribution is 0.185. The lowest BCUT2D eigenvalue weighted by atomic mass is 10.0. The molecule has 2 aliphatic heterocycles. The summed E-state index contributed by atoms with van der Waals surface area (Å²) in [6, 6.07) is 5.82. The third-order valence-electron chi connectivity index (χ3n) is 3.89. The zero-order valence-corrected chi connectivity index (χ0v) is 13.3. The number of rotatable bonds is 3. The molecular formula is C15H19ClN2O2S. The summed E-state index contributed by atoms with van der Waals surface area (Å²) < 4.78 is 5.31. The summed E-state index contributed by atoms with van der Waals surface area (Å²) in [7, 11) is 0. The second kappa shape index (κ2) is 6.90. The number of halogens is 1. The minimum Gasteiger partial charge on any atom is -0.381 e. The van der Waals surface area contributed by atoms with Gasteiger partial charge in [-0.2, -0.15) is 0 Å². The van der Waals surface area contributed by atoms with Gasteiger partial charge in [0.25, 0.3) is 0 Å². The molecule has 0 unspecified atom stereocenters. The number of ether oxygens (including phenoxy) is 1. The summed E-state index contributed by atoms with van der Waals surface area (Å²) in [5.41, 5.74) is 1.12. The van der Waals surface area contributed by atoms with Crippen LogP contribution in [0.5, 0.6) is 0 Å². The lowest BCUT2D eigenvalue weighted by Gasteiger charge is -2.26. The minimum atomic E-state index is -0.107. The highest BCUT2D eigenvalue weighted by Gasteiger charge is 2.23. The van der Waals surface area contributed by atoms with Gasteiger partial charge >= 0.3 is 6.03 Å². The maximum atomic E-state index is 12.1. The molecule has 1 fully saturated rings. The van der Waals surface area contributed by atoms with Crippen molar-refractivity contribution >= 4 is 29.4 Å². The molecule has 1 saturated heterocycles. The van der Waals surface area contributed by atoms with Crippen molar-refractivity contribution in [1.82, 2.24) is 10.6 Å². The number of amides is 2. The van der Waals surface area contributed by atoms with Gasteiger partial charge in [0.15, 0.2) is 0 Å². The van der Waals surface area contributed by atoms with Gasteiger partial charge < -0.3 is 15.4 Å². The standard InChI is InChI=1S/C15H19ClN2O2S/c16-11-1-2-14-12(7-11)13(4-6-21-14)18-15(19)17-8-10-3-5-20-9-10/h1-2,7,10,13H,3-6,8-9H2,(H2,17,18,19)/t10-,13+/m0/s1. The van der Waals surface area contributed by atoms with Crippen molar-refractivity contribution < 1.29 is 9.53 Å². The number of urea groups is 1. The van der Waals surface area contributed by atoms with Crippen LogP contribution >= 0.6 is 23.4 Å². The Morgan fingerprint density at radius 1 is 1.43 bits per heavy atom. The van der Waals surface area contributed by atoms with Crippen LogP contribution in [0.15, 0.2) is 23.1 Å². The first-order valence-electron chi connectivity index (χ1n) is 7.27. The molecule has 1 aromatic carbocycles. The molecule has 0 aromatic heterocycles. The van der Waals surface area contributed by atoms with E-state index < -0.39 is 0 Å². The van der Waals surface area contributed by atoms with Gasteiger partial charge in [0.05, 0.1) is 12.6 Å². The third kappa shape index (κ3) is 3.84. The fourth-order valence-electron chi connectivity index (χ4n) is 2.71. The summed E-state index contributed by atoms with van der Waals surface area (Å²) in [6.45, 7) is 2.23. The predicted octanol–water partition coefficient (Wildman–Crippen LogP) is 3.21. The number of hydrogen-bond donors (Lipinski definition) is 2. The van der Waals surface area contributed by atoms with E-state index >= 15 is 0 Å². The summed E-state index contributed by atoms with van der Waals surface area (Å²) in [5, 5.41) is 6.73.